The van der Waals surface area contributed by atoms with Gasteiger partial charge in [0, 0.05) is 12.2 Å². The Morgan fingerprint density at radius 2 is 1.94 bits per heavy atom. The molecule has 9 heteroatoms. The van der Waals surface area contributed by atoms with E-state index in [1.54, 1.807) is 0 Å². The third kappa shape index (κ3) is 3.28. The summed E-state index contributed by atoms with van der Waals surface area (Å²) in [6.07, 6.45) is 2.56. The smallest absolute Gasteiger partial charge is 0.186 e. The van der Waals surface area contributed by atoms with Gasteiger partial charge in [-0.25, -0.2) is 13.4 Å². The minimum absolute atomic E-state index is 0.276. The highest BCUT2D eigenvalue weighted by Gasteiger charge is 2.15. The van der Waals surface area contributed by atoms with Crippen molar-refractivity contribution in [1.82, 2.24) is 15.2 Å². The minimum Gasteiger partial charge on any atom is -0.236 e. The lowest BCUT2D eigenvalue weighted by Crippen LogP contribution is -1.91. The molecule has 2 heterocycles. The second-order valence-corrected chi connectivity index (χ2v) is 9.66. The standard InChI is InChI=1S/C9H11N3O2S4/c1-5(2)7-11-12-9(16-7)17-8-10-4-6(15-8)18(3,13)14/h4-5H,1-3H3. The molecule has 0 aliphatic carbocycles. The first kappa shape index (κ1) is 13.9. The average molecular weight is 321 g/mol. The van der Waals surface area contributed by atoms with Gasteiger partial charge in [-0.2, -0.15) is 0 Å². The van der Waals surface area contributed by atoms with Gasteiger partial charge in [-0.3, -0.25) is 0 Å². The molecule has 0 saturated carbocycles. The molecular formula is C9H11N3O2S4. The number of nitrogens with zero attached hydrogens (tertiary/aromatic N) is 3. The Kier molecular flexibility index (Phi) is 4.05. The molecule has 2 aromatic rings. The van der Waals surface area contributed by atoms with Crippen LogP contribution in [0.1, 0.15) is 24.8 Å². The molecule has 2 rings (SSSR count). The van der Waals surface area contributed by atoms with Crippen molar-refractivity contribution < 1.29 is 8.42 Å². The van der Waals surface area contributed by atoms with Gasteiger partial charge >= 0.3 is 0 Å². The fourth-order valence-corrected chi connectivity index (χ4v) is 5.07. The van der Waals surface area contributed by atoms with E-state index in [9.17, 15) is 8.42 Å². The first-order valence-corrected chi connectivity index (χ1v) is 9.37. The van der Waals surface area contributed by atoms with Crippen LogP contribution in [0.4, 0.5) is 0 Å². The van der Waals surface area contributed by atoms with Gasteiger partial charge in [-0.05, 0) is 11.8 Å². The summed E-state index contributed by atoms with van der Waals surface area (Å²) in [5, 5.41) is 9.10. The molecule has 0 saturated heterocycles. The predicted octanol–water partition coefficient (Wildman–Crippen LogP) is 2.67. The lowest BCUT2D eigenvalue weighted by molar-refractivity contribution is 0.603. The maximum Gasteiger partial charge on any atom is 0.186 e. The fraction of sp³-hybridized carbons (Fsp3) is 0.444. The van der Waals surface area contributed by atoms with Crippen LogP contribution in [0.15, 0.2) is 19.1 Å². The topological polar surface area (TPSA) is 72.8 Å². The second kappa shape index (κ2) is 5.24. The normalized spacial score (nSPS) is 12.2. The van der Waals surface area contributed by atoms with E-state index in [0.717, 1.165) is 20.7 Å². The Morgan fingerprint density at radius 1 is 1.22 bits per heavy atom. The van der Waals surface area contributed by atoms with Gasteiger partial charge in [0.2, 0.25) is 0 Å². The van der Waals surface area contributed by atoms with E-state index in [4.69, 9.17) is 0 Å². The van der Waals surface area contributed by atoms with Crippen molar-refractivity contribution in [1.29, 1.82) is 0 Å². The summed E-state index contributed by atoms with van der Waals surface area (Å²) in [7, 11) is -3.17. The summed E-state index contributed by atoms with van der Waals surface area (Å²) >= 11 is 4.02. The first-order valence-electron chi connectivity index (χ1n) is 5.03. The van der Waals surface area contributed by atoms with Crippen LogP contribution < -0.4 is 0 Å². The van der Waals surface area contributed by atoms with Crippen molar-refractivity contribution in [3.8, 4) is 0 Å². The minimum atomic E-state index is -3.17. The van der Waals surface area contributed by atoms with Crippen molar-refractivity contribution in [3.63, 3.8) is 0 Å². The highest BCUT2D eigenvalue weighted by Crippen LogP contribution is 2.35. The predicted molar refractivity (Wildman–Crippen MR) is 73.3 cm³/mol. The zero-order chi connectivity index (χ0) is 13.3. The third-order valence-corrected chi connectivity index (χ3v) is 7.06. The van der Waals surface area contributed by atoms with E-state index in [0.29, 0.717) is 10.3 Å². The maximum atomic E-state index is 11.3. The molecule has 0 fully saturated rings. The molecule has 0 N–H and O–H groups in total. The van der Waals surface area contributed by atoms with E-state index in [1.807, 2.05) is 0 Å². The highest BCUT2D eigenvalue weighted by atomic mass is 32.2. The van der Waals surface area contributed by atoms with Gasteiger partial charge in [-0.15, -0.1) is 10.2 Å². The molecule has 0 aromatic carbocycles. The molecule has 5 nitrogen and oxygen atoms in total. The Hall–Kier alpha value is -0.510. The maximum absolute atomic E-state index is 11.3. The van der Waals surface area contributed by atoms with E-state index in [1.165, 1.54) is 35.6 Å². The summed E-state index contributed by atoms with van der Waals surface area (Å²) in [5.74, 6) is 0.347. The zero-order valence-corrected chi connectivity index (χ0v) is 13.2. The van der Waals surface area contributed by atoms with Crippen molar-refractivity contribution in [2.75, 3.05) is 6.26 Å². The molecule has 0 aliphatic heterocycles. The Balaban J connectivity index is 2.16. The summed E-state index contributed by atoms with van der Waals surface area (Å²) in [6, 6.07) is 0. The molecular weight excluding hydrogens is 310 g/mol. The molecule has 2 aromatic heterocycles. The van der Waals surface area contributed by atoms with Crippen LogP contribution in [-0.4, -0.2) is 29.9 Å². The van der Waals surface area contributed by atoms with E-state index >= 15 is 0 Å². The van der Waals surface area contributed by atoms with Gasteiger partial charge in [0.05, 0.1) is 6.20 Å². The van der Waals surface area contributed by atoms with Crippen LogP contribution in [0.2, 0.25) is 0 Å². The number of hydrogen-bond donors (Lipinski definition) is 0. The van der Waals surface area contributed by atoms with Crippen LogP contribution in [0.5, 0.6) is 0 Å². The molecule has 0 spiro atoms. The highest BCUT2D eigenvalue weighted by molar-refractivity contribution is 8.03. The quantitative estimate of drug-likeness (QED) is 0.862. The zero-order valence-electron chi connectivity index (χ0n) is 9.95. The number of thiazole rings is 1. The van der Waals surface area contributed by atoms with E-state index in [2.05, 4.69) is 29.0 Å². The van der Waals surface area contributed by atoms with E-state index in [-0.39, 0.29) is 4.21 Å². The van der Waals surface area contributed by atoms with Gasteiger partial charge in [0.1, 0.15) is 9.22 Å². The Morgan fingerprint density at radius 3 is 2.44 bits per heavy atom. The van der Waals surface area contributed by atoms with Crippen molar-refractivity contribution in [2.24, 2.45) is 0 Å². The fourth-order valence-electron chi connectivity index (χ4n) is 1.03. The number of sulfone groups is 1. The molecule has 0 unspecified atom stereocenters. The largest absolute Gasteiger partial charge is 0.236 e. The molecule has 0 aliphatic rings. The molecule has 0 atom stereocenters. The lowest BCUT2D eigenvalue weighted by Gasteiger charge is -1.93. The van der Waals surface area contributed by atoms with Gasteiger partial charge in [-0.1, -0.05) is 36.5 Å². The van der Waals surface area contributed by atoms with Crippen LogP contribution in [0, 0.1) is 0 Å². The Bertz CT molecular complexity index is 644. The number of aromatic nitrogens is 3. The van der Waals surface area contributed by atoms with E-state index < -0.39 is 9.84 Å². The lowest BCUT2D eigenvalue weighted by atomic mass is 10.2. The van der Waals surface area contributed by atoms with Crippen molar-refractivity contribution in [2.45, 2.75) is 32.7 Å². The van der Waals surface area contributed by atoms with Crippen molar-refractivity contribution >= 4 is 44.3 Å². The molecule has 0 amide bonds. The van der Waals surface area contributed by atoms with Crippen molar-refractivity contribution in [3.05, 3.63) is 11.2 Å². The SMILES string of the molecule is CC(C)c1nnc(Sc2ncc(S(C)(=O)=O)s2)s1. The van der Waals surface area contributed by atoms with Crippen LogP contribution in [0.25, 0.3) is 0 Å². The molecule has 18 heavy (non-hydrogen) atoms. The average Bonchev–Trinajstić information content (AvgIpc) is 2.85. The summed E-state index contributed by atoms with van der Waals surface area (Å²) in [4.78, 5) is 4.07. The van der Waals surface area contributed by atoms with Crippen LogP contribution in [0.3, 0.4) is 0 Å². The second-order valence-electron chi connectivity index (χ2n) is 3.88. The van der Waals surface area contributed by atoms with Gasteiger partial charge < -0.3 is 0 Å². The summed E-state index contributed by atoms with van der Waals surface area (Å²) < 4.78 is 24.4. The van der Waals surface area contributed by atoms with Crippen LogP contribution in [-0.2, 0) is 9.84 Å². The van der Waals surface area contributed by atoms with Crippen LogP contribution >= 0.6 is 34.4 Å². The molecule has 98 valence electrons. The summed E-state index contributed by atoms with van der Waals surface area (Å²) in [5.41, 5.74) is 0. The molecule has 0 radical (unpaired) electrons. The number of hydrogen-bond acceptors (Lipinski definition) is 8. The molecule has 0 bridgehead atoms. The summed E-state index contributed by atoms with van der Waals surface area (Å²) in [6.45, 7) is 4.11. The number of rotatable bonds is 4. The first-order chi connectivity index (χ1) is 8.36. The van der Waals surface area contributed by atoms with Gasteiger partial charge in [0.25, 0.3) is 0 Å². The van der Waals surface area contributed by atoms with Gasteiger partial charge in [0.15, 0.2) is 18.5 Å². The monoisotopic (exact) mass is 321 g/mol. The third-order valence-electron chi connectivity index (χ3n) is 1.92. The Labute approximate surface area is 118 Å².